The molecule has 4 N–H and O–H groups in total. The van der Waals surface area contributed by atoms with E-state index in [4.69, 9.17) is 10.7 Å². The van der Waals surface area contributed by atoms with Gasteiger partial charge in [-0.05, 0) is 65.0 Å². The Morgan fingerprint density at radius 3 is 2.49 bits per heavy atom. The molecule has 1 amide bonds. The molecule has 0 unspecified atom stereocenters. The van der Waals surface area contributed by atoms with E-state index in [9.17, 15) is 14.7 Å². The minimum atomic E-state index is -1.07. The minimum Gasteiger partial charge on any atom is -0.384 e. The topological polar surface area (TPSA) is 168 Å². The first-order valence-electron chi connectivity index (χ1n) is 13.1. The number of rotatable bonds is 5. The predicted octanol–water partition coefficient (Wildman–Crippen LogP) is 2.78. The first kappa shape index (κ1) is 25.1. The Bertz CT molecular complexity index is 1590. The number of aryl methyl sites for hydroxylation is 1. The monoisotopic (exact) mass is 529 g/mol. The van der Waals surface area contributed by atoms with E-state index in [1.807, 2.05) is 17.9 Å². The molecule has 4 aromatic heterocycles. The van der Waals surface area contributed by atoms with Gasteiger partial charge in [-0.2, -0.15) is 9.61 Å². The number of H-pyrrole nitrogens is 1. The number of aromatic nitrogens is 7. The normalized spacial score (nSPS) is 21.1. The summed E-state index contributed by atoms with van der Waals surface area (Å²) in [7, 11) is 0. The summed E-state index contributed by atoms with van der Waals surface area (Å²) >= 11 is 0. The van der Waals surface area contributed by atoms with Crippen LogP contribution in [0, 0.1) is 6.92 Å². The first-order chi connectivity index (χ1) is 18.5. The van der Waals surface area contributed by atoms with Crippen molar-refractivity contribution in [2.75, 3.05) is 5.73 Å². The highest BCUT2D eigenvalue weighted by atomic mass is 16.3. The molecule has 39 heavy (non-hydrogen) atoms. The van der Waals surface area contributed by atoms with Crippen LogP contribution in [0.5, 0.6) is 0 Å². The molecule has 2 aliphatic rings. The molecule has 6 rings (SSSR count). The number of aliphatic hydroxyl groups is 1. The van der Waals surface area contributed by atoms with Gasteiger partial charge in [0.25, 0.3) is 5.91 Å². The Morgan fingerprint density at radius 1 is 1.18 bits per heavy atom. The molecule has 6 heterocycles. The second kappa shape index (κ2) is 8.94. The summed E-state index contributed by atoms with van der Waals surface area (Å²) < 4.78 is 1.51. The number of nitrogens with zero attached hydrogens (tertiary/aromatic N) is 7. The highest BCUT2D eigenvalue weighted by molar-refractivity contribution is 6.00. The second-order valence-electron chi connectivity index (χ2n) is 11.2. The summed E-state index contributed by atoms with van der Waals surface area (Å²) in [5.74, 6) is 0.116. The first-order valence-corrected chi connectivity index (χ1v) is 13.1. The van der Waals surface area contributed by atoms with E-state index in [0.29, 0.717) is 35.4 Å². The highest BCUT2D eigenvalue weighted by Crippen LogP contribution is 2.45. The summed E-state index contributed by atoms with van der Waals surface area (Å²) in [6.45, 7) is 6.80. The van der Waals surface area contributed by atoms with E-state index < -0.39 is 5.60 Å². The number of piperidine rings is 1. The van der Waals surface area contributed by atoms with Crippen LogP contribution in [0.25, 0.3) is 16.8 Å². The molecule has 0 spiro atoms. The largest absolute Gasteiger partial charge is 0.384 e. The van der Waals surface area contributed by atoms with Crippen molar-refractivity contribution in [3.63, 3.8) is 0 Å². The fourth-order valence-corrected chi connectivity index (χ4v) is 6.42. The number of nitrogens with two attached hydrogens (primary N) is 1. The van der Waals surface area contributed by atoms with E-state index >= 15 is 0 Å². The maximum Gasteiger partial charge on any atom is 0.292 e. The van der Waals surface area contributed by atoms with Crippen LogP contribution in [0.1, 0.15) is 90.3 Å². The van der Waals surface area contributed by atoms with Crippen molar-refractivity contribution in [3.8, 4) is 11.1 Å². The third-order valence-electron chi connectivity index (χ3n) is 8.01. The molecule has 2 saturated heterocycles. The van der Waals surface area contributed by atoms with Crippen molar-refractivity contribution in [2.24, 2.45) is 0 Å². The van der Waals surface area contributed by atoms with Crippen LogP contribution in [0.3, 0.4) is 0 Å². The summed E-state index contributed by atoms with van der Waals surface area (Å²) in [5, 5.41) is 22.6. The second-order valence-corrected chi connectivity index (χ2v) is 11.2. The van der Waals surface area contributed by atoms with Crippen molar-refractivity contribution in [1.29, 1.82) is 0 Å². The zero-order valence-electron chi connectivity index (χ0n) is 22.3. The number of hydrogen-bond donors (Lipinski definition) is 3. The lowest BCUT2D eigenvalue weighted by Gasteiger charge is -2.38. The maximum absolute atomic E-state index is 13.1. The van der Waals surface area contributed by atoms with Crippen LogP contribution in [0.15, 0.2) is 24.8 Å². The Hall–Kier alpha value is -4.19. The molecule has 0 saturated carbocycles. The minimum absolute atomic E-state index is 0.0102. The van der Waals surface area contributed by atoms with Crippen LogP contribution in [0.2, 0.25) is 0 Å². The van der Waals surface area contributed by atoms with Crippen LogP contribution in [-0.4, -0.2) is 68.5 Å². The zero-order valence-corrected chi connectivity index (χ0v) is 22.3. The lowest BCUT2D eigenvalue weighted by molar-refractivity contribution is 0.0556. The Kier molecular flexibility index (Phi) is 5.75. The molecule has 12 nitrogen and oxygen atoms in total. The molecule has 202 valence electrons. The van der Waals surface area contributed by atoms with E-state index in [2.05, 4.69) is 25.3 Å². The van der Waals surface area contributed by atoms with Crippen LogP contribution in [-0.2, 0) is 5.60 Å². The molecular formula is C27H31N9O3. The van der Waals surface area contributed by atoms with Gasteiger partial charge in [-0.15, -0.1) is 10.2 Å². The van der Waals surface area contributed by atoms with Gasteiger partial charge < -0.3 is 20.7 Å². The van der Waals surface area contributed by atoms with Gasteiger partial charge in [-0.3, -0.25) is 14.6 Å². The van der Waals surface area contributed by atoms with Gasteiger partial charge in [-0.1, -0.05) is 0 Å². The number of nitrogen functional groups attached to an aromatic ring is 1. The van der Waals surface area contributed by atoms with Gasteiger partial charge in [0.15, 0.2) is 11.4 Å². The van der Waals surface area contributed by atoms with Crippen molar-refractivity contribution >= 4 is 23.2 Å². The number of anilines is 1. The Balaban J connectivity index is 1.41. The summed E-state index contributed by atoms with van der Waals surface area (Å²) in [4.78, 5) is 40.2. The third-order valence-corrected chi connectivity index (χ3v) is 8.01. The number of pyridine rings is 1. The van der Waals surface area contributed by atoms with Gasteiger partial charge in [0, 0.05) is 35.3 Å². The van der Waals surface area contributed by atoms with Gasteiger partial charge >= 0.3 is 0 Å². The lowest BCUT2D eigenvalue weighted by Crippen LogP contribution is -2.46. The number of carbonyl (C=O) groups excluding carboxylic acids is 2. The van der Waals surface area contributed by atoms with Crippen molar-refractivity contribution in [2.45, 2.75) is 77.0 Å². The van der Waals surface area contributed by atoms with Gasteiger partial charge in [0.1, 0.15) is 17.7 Å². The number of aromatic amines is 1. The number of nitrogens with one attached hydrogen (secondary N) is 1. The predicted molar refractivity (Wildman–Crippen MR) is 142 cm³/mol. The fourth-order valence-electron chi connectivity index (χ4n) is 6.42. The number of Topliss-reactive ketones (excluding diaryl/α,β-unsaturated/α-hetero) is 1. The standard InChI is InChI=1S/C27H31N9O3/c1-13-7-16(10-29-22(13)27(3,4)39)19-11-32-36-23(28)20(14(2)37)21(33-25(19)36)15-8-17-5-6-18(9-15)35(17)26(38)24-30-12-31-34-24/h7,10-12,15,17-18,39H,5-6,8-9,28H2,1-4H3,(H,30,31,34)/t15-,17-,18+. The zero-order chi connectivity index (χ0) is 27.6. The summed E-state index contributed by atoms with van der Waals surface area (Å²) in [5.41, 5.74) is 10.0. The number of hydrogen-bond acceptors (Lipinski definition) is 9. The van der Waals surface area contributed by atoms with Crippen molar-refractivity contribution in [3.05, 3.63) is 53.1 Å². The van der Waals surface area contributed by atoms with Crippen molar-refractivity contribution in [1.82, 2.24) is 39.7 Å². The molecule has 0 aromatic carbocycles. The quantitative estimate of drug-likeness (QED) is 0.329. The smallest absolute Gasteiger partial charge is 0.292 e. The van der Waals surface area contributed by atoms with Gasteiger partial charge in [-0.25, -0.2) is 4.98 Å². The van der Waals surface area contributed by atoms with Crippen LogP contribution in [0.4, 0.5) is 5.82 Å². The van der Waals surface area contributed by atoms with Crippen LogP contribution >= 0.6 is 0 Å². The van der Waals surface area contributed by atoms with Gasteiger partial charge in [0.05, 0.1) is 23.1 Å². The average molecular weight is 530 g/mol. The van der Waals surface area contributed by atoms with E-state index in [-0.39, 0.29) is 41.3 Å². The molecular weight excluding hydrogens is 498 g/mol. The lowest BCUT2D eigenvalue weighted by atomic mass is 9.85. The molecule has 0 aliphatic carbocycles. The molecule has 2 bridgehead atoms. The maximum atomic E-state index is 13.1. The van der Waals surface area contributed by atoms with E-state index in [1.165, 1.54) is 17.8 Å². The SMILES string of the molecule is CC(=O)c1c([C@@H]2C[C@H]3CC[C@@H](C2)N3C(=O)c2nnc[nH]2)nc2c(-c3cnc(C(C)(C)O)c(C)c3)cnn2c1N. The Labute approximate surface area is 224 Å². The van der Waals surface area contributed by atoms with Crippen LogP contribution < -0.4 is 5.73 Å². The summed E-state index contributed by atoms with van der Waals surface area (Å²) in [6, 6.07) is 1.97. The Morgan fingerprint density at radius 2 is 1.90 bits per heavy atom. The number of carbonyl (C=O) groups is 2. The van der Waals surface area contributed by atoms with E-state index in [1.54, 1.807) is 26.2 Å². The molecule has 12 heteroatoms. The molecule has 3 atom stereocenters. The molecule has 0 radical (unpaired) electrons. The fraction of sp³-hybridized carbons (Fsp3) is 0.444. The van der Waals surface area contributed by atoms with E-state index in [0.717, 1.165) is 29.5 Å². The molecule has 2 aliphatic heterocycles. The van der Waals surface area contributed by atoms with Gasteiger partial charge in [0.2, 0.25) is 5.82 Å². The number of amides is 1. The molecule has 2 fully saturated rings. The highest BCUT2D eigenvalue weighted by Gasteiger charge is 2.45. The molecule has 4 aromatic rings. The average Bonchev–Trinajstić information content (AvgIpc) is 3.61. The van der Waals surface area contributed by atoms with Crippen molar-refractivity contribution < 1.29 is 14.7 Å². The summed E-state index contributed by atoms with van der Waals surface area (Å²) in [6.07, 6.45) is 7.88. The third kappa shape index (κ3) is 4.06. The number of ketones is 1. The number of fused-ring (bicyclic) bond motifs is 3.